The zero-order chi connectivity index (χ0) is 10.3. The Hall–Kier alpha value is -0.370. The molecule has 0 aromatic heterocycles. The van der Waals surface area contributed by atoms with Crippen LogP contribution >= 0.6 is 0 Å². The van der Waals surface area contributed by atoms with Crippen molar-refractivity contribution in [1.29, 1.82) is 0 Å². The highest BCUT2D eigenvalue weighted by molar-refractivity contribution is 5.80. The highest BCUT2D eigenvalue weighted by atomic mass is 16.3. The van der Waals surface area contributed by atoms with Crippen LogP contribution in [0.2, 0.25) is 0 Å². The molecule has 13 heavy (non-hydrogen) atoms. The van der Waals surface area contributed by atoms with Gasteiger partial charge in [-0.1, -0.05) is 39.5 Å². The van der Waals surface area contributed by atoms with Gasteiger partial charge in [0.1, 0.15) is 6.10 Å². The minimum Gasteiger partial charge on any atom is -0.385 e. The normalized spacial score (nSPS) is 15.4. The molecular weight excluding hydrogens is 164 g/mol. The fourth-order valence-electron chi connectivity index (χ4n) is 1.41. The fraction of sp³-hybridized carbons (Fsp3) is 0.909. The largest absolute Gasteiger partial charge is 0.385 e. The fourth-order valence-corrected chi connectivity index (χ4v) is 1.41. The van der Waals surface area contributed by atoms with Crippen molar-refractivity contribution in [2.75, 3.05) is 0 Å². The average molecular weight is 186 g/mol. The number of hydrogen-bond donors (Lipinski definition) is 1. The SMILES string of the molecule is CCCCCC(C)CC(O)C(C)=O. The van der Waals surface area contributed by atoms with Gasteiger partial charge >= 0.3 is 0 Å². The molecule has 0 heterocycles. The molecule has 0 saturated heterocycles. The topological polar surface area (TPSA) is 37.3 Å². The Bertz CT molecular complexity index is 143. The molecule has 0 radical (unpaired) electrons. The Morgan fingerprint density at radius 3 is 2.46 bits per heavy atom. The van der Waals surface area contributed by atoms with Gasteiger partial charge in [-0.05, 0) is 19.3 Å². The maximum Gasteiger partial charge on any atom is 0.158 e. The summed E-state index contributed by atoms with van der Waals surface area (Å²) in [6.07, 6.45) is 4.69. The molecule has 0 rings (SSSR count). The molecule has 0 aromatic rings. The highest BCUT2D eigenvalue weighted by Crippen LogP contribution is 2.15. The Balaban J connectivity index is 3.49. The van der Waals surface area contributed by atoms with Crippen LogP contribution in [0.4, 0.5) is 0 Å². The van der Waals surface area contributed by atoms with Crippen molar-refractivity contribution < 1.29 is 9.90 Å². The van der Waals surface area contributed by atoms with Gasteiger partial charge in [0.2, 0.25) is 0 Å². The minimum absolute atomic E-state index is 0.109. The molecular formula is C11H22O2. The number of rotatable bonds is 7. The van der Waals surface area contributed by atoms with Crippen LogP contribution in [0, 0.1) is 5.92 Å². The lowest BCUT2D eigenvalue weighted by molar-refractivity contribution is -0.125. The van der Waals surface area contributed by atoms with Crippen molar-refractivity contribution in [3.8, 4) is 0 Å². The Labute approximate surface area is 81.3 Å². The number of carbonyl (C=O) groups excluding carboxylic acids is 1. The van der Waals surface area contributed by atoms with E-state index in [-0.39, 0.29) is 5.78 Å². The number of aliphatic hydroxyl groups is 1. The first-order valence-electron chi connectivity index (χ1n) is 5.26. The van der Waals surface area contributed by atoms with Crippen LogP contribution in [-0.4, -0.2) is 17.0 Å². The summed E-state index contributed by atoms with van der Waals surface area (Å²) >= 11 is 0. The van der Waals surface area contributed by atoms with Gasteiger partial charge in [0.25, 0.3) is 0 Å². The summed E-state index contributed by atoms with van der Waals surface area (Å²) < 4.78 is 0. The Kier molecular flexibility index (Phi) is 6.87. The maximum absolute atomic E-state index is 10.8. The summed E-state index contributed by atoms with van der Waals surface area (Å²) in [6, 6.07) is 0. The third-order valence-corrected chi connectivity index (χ3v) is 2.40. The monoisotopic (exact) mass is 186 g/mol. The van der Waals surface area contributed by atoms with E-state index in [0.717, 1.165) is 6.42 Å². The molecule has 2 heteroatoms. The molecule has 1 N–H and O–H groups in total. The summed E-state index contributed by atoms with van der Waals surface area (Å²) in [5, 5.41) is 9.30. The predicted molar refractivity (Wildman–Crippen MR) is 54.6 cm³/mol. The molecule has 0 aromatic carbocycles. The highest BCUT2D eigenvalue weighted by Gasteiger charge is 2.13. The molecule has 2 nitrogen and oxygen atoms in total. The van der Waals surface area contributed by atoms with E-state index in [4.69, 9.17) is 0 Å². The Morgan fingerprint density at radius 2 is 2.00 bits per heavy atom. The number of unbranched alkanes of at least 4 members (excludes halogenated alkanes) is 2. The van der Waals surface area contributed by atoms with E-state index < -0.39 is 6.10 Å². The third-order valence-electron chi connectivity index (χ3n) is 2.40. The third kappa shape index (κ3) is 6.76. The number of ketones is 1. The summed E-state index contributed by atoms with van der Waals surface area (Å²) in [4.78, 5) is 10.8. The van der Waals surface area contributed by atoms with Gasteiger partial charge in [0, 0.05) is 0 Å². The van der Waals surface area contributed by atoms with E-state index in [2.05, 4.69) is 13.8 Å². The van der Waals surface area contributed by atoms with Crippen molar-refractivity contribution in [1.82, 2.24) is 0 Å². The lowest BCUT2D eigenvalue weighted by Gasteiger charge is -2.13. The van der Waals surface area contributed by atoms with E-state index in [0.29, 0.717) is 12.3 Å². The van der Waals surface area contributed by atoms with E-state index in [1.165, 1.54) is 26.2 Å². The Morgan fingerprint density at radius 1 is 1.38 bits per heavy atom. The number of aliphatic hydroxyl groups excluding tert-OH is 1. The van der Waals surface area contributed by atoms with Crippen LogP contribution < -0.4 is 0 Å². The van der Waals surface area contributed by atoms with Crippen LogP contribution in [0.5, 0.6) is 0 Å². The molecule has 0 bridgehead atoms. The van der Waals surface area contributed by atoms with Crippen LogP contribution in [0.1, 0.15) is 52.9 Å². The molecule has 0 aliphatic rings. The lowest BCUT2D eigenvalue weighted by atomic mass is 9.96. The number of Topliss-reactive ketones (excluding diaryl/α,β-unsaturated/α-hetero) is 1. The predicted octanol–water partition coefficient (Wildman–Crippen LogP) is 2.54. The van der Waals surface area contributed by atoms with E-state index in [1.54, 1.807) is 0 Å². The lowest BCUT2D eigenvalue weighted by Crippen LogP contribution is -2.19. The van der Waals surface area contributed by atoms with E-state index in [1.807, 2.05) is 0 Å². The summed E-state index contributed by atoms with van der Waals surface area (Å²) in [5.74, 6) is 0.354. The second-order valence-electron chi connectivity index (χ2n) is 3.96. The zero-order valence-corrected chi connectivity index (χ0v) is 9.05. The van der Waals surface area contributed by atoms with E-state index >= 15 is 0 Å². The minimum atomic E-state index is -0.739. The van der Waals surface area contributed by atoms with E-state index in [9.17, 15) is 9.90 Å². The summed E-state index contributed by atoms with van der Waals surface area (Å²) in [6.45, 7) is 5.72. The van der Waals surface area contributed by atoms with Crippen molar-refractivity contribution >= 4 is 5.78 Å². The van der Waals surface area contributed by atoms with Gasteiger partial charge in [0.05, 0.1) is 0 Å². The van der Waals surface area contributed by atoms with Crippen molar-refractivity contribution in [2.45, 2.75) is 59.0 Å². The van der Waals surface area contributed by atoms with Crippen molar-refractivity contribution in [3.05, 3.63) is 0 Å². The summed E-state index contributed by atoms with van der Waals surface area (Å²) in [5.41, 5.74) is 0. The smallest absolute Gasteiger partial charge is 0.158 e. The first kappa shape index (κ1) is 12.6. The summed E-state index contributed by atoms with van der Waals surface area (Å²) in [7, 11) is 0. The molecule has 2 atom stereocenters. The van der Waals surface area contributed by atoms with Gasteiger partial charge in [-0.3, -0.25) is 4.79 Å². The van der Waals surface area contributed by atoms with Crippen molar-refractivity contribution in [2.24, 2.45) is 5.92 Å². The molecule has 0 spiro atoms. The van der Waals surface area contributed by atoms with Crippen LogP contribution in [0.3, 0.4) is 0 Å². The zero-order valence-electron chi connectivity index (χ0n) is 9.05. The molecule has 0 saturated carbocycles. The second-order valence-corrected chi connectivity index (χ2v) is 3.96. The first-order valence-corrected chi connectivity index (χ1v) is 5.26. The first-order chi connectivity index (χ1) is 6.07. The molecule has 2 unspecified atom stereocenters. The van der Waals surface area contributed by atoms with Gasteiger partial charge < -0.3 is 5.11 Å². The van der Waals surface area contributed by atoms with Crippen molar-refractivity contribution in [3.63, 3.8) is 0 Å². The average Bonchev–Trinajstić information content (AvgIpc) is 2.04. The quantitative estimate of drug-likeness (QED) is 0.620. The molecule has 0 aliphatic heterocycles. The molecule has 0 fully saturated rings. The molecule has 78 valence electrons. The van der Waals surface area contributed by atoms with Crippen LogP contribution in [-0.2, 0) is 4.79 Å². The number of carbonyl (C=O) groups is 1. The van der Waals surface area contributed by atoms with Crippen LogP contribution in [0.15, 0.2) is 0 Å². The van der Waals surface area contributed by atoms with Gasteiger partial charge in [-0.2, -0.15) is 0 Å². The van der Waals surface area contributed by atoms with Gasteiger partial charge in [0.15, 0.2) is 5.78 Å². The number of hydrogen-bond acceptors (Lipinski definition) is 2. The molecule has 0 aliphatic carbocycles. The second kappa shape index (κ2) is 7.07. The maximum atomic E-state index is 10.8. The standard InChI is InChI=1S/C11H22O2/c1-4-5-6-7-9(2)8-11(13)10(3)12/h9,11,13H,4-8H2,1-3H3. The van der Waals surface area contributed by atoms with Crippen LogP contribution in [0.25, 0.3) is 0 Å². The van der Waals surface area contributed by atoms with Gasteiger partial charge in [-0.25, -0.2) is 0 Å². The van der Waals surface area contributed by atoms with Gasteiger partial charge in [-0.15, -0.1) is 0 Å². The molecule has 0 amide bonds.